The Labute approximate surface area is 108 Å². The maximum atomic E-state index is 11.7. The van der Waals surface area contributed by atoms with Gasteiger partial charge in [-0.1, -0.05) is 13.8 Å². The lowest BCUT2D eigenvalue weighted by Crippen LogP contribution is -2.21. The average molecular weight is 251 g/mol. The van der Waals surface area contributed by atoms with E-state index in [2.05, 4.69) is 13.8 Å². The second kappa shape index (κ2) is 6.38. The molecule has 1 heterocycles. The fraction of sp³-hybridized carbons (Fsp3) is 0.571. The van der Waals surface area contributed by atoms with Crippen LogP contribution < -0.4 is 0 Å². The third kappa shape index (κ3) is 3.45. The van der Waals surface area contributed by atoms with Crippen molar-refractivity contribution < 1.29 is 14.3 Å². The largest absolute Gasteiger partial charge is 0.464 e. The van der Waals surface area contributed by atoms with Crippen molar-refractivity contribution in [3.63, 3.8) is 0 Å². The van der Waals surface area contributed by atoms with Crippen LogP contribution in [0.4, 0.5) is 0 Å². The molecule has 18 heavy (non-hydrogen) atoms. The van der Waals surface area contributed by atoms with Crippen molar-refractivity contribution in [3.05, 3.63) is 24.0 Å². The van der Waals surface area contributed by atoms with Crippen LogP contribution in [0.1, 0.15) is 50.1 Å². The molecule has 0 saturated carbocycles. The molecule has 0 spiro atoms. The van der Waals surface area contributed by atoms with Crippen molar-refractivity contribution in [3.8, 4) is 0 Å². The highest BCUT2D eigenvalue weighted by Gasteiger charge is 2.21. The molecule has 4 heteroatoms. The fourth-order valence-corrected chi connectivity index (χ4v) is 1.97. The molecule has 1 aromatic heterocycles. The summed E-state index contributed by atoms with van der Waals surface area (Å²) in [6.07, 6.45) is 3.45. The van der Waals surface area contributed by atoms with Crippen LogP contribution in [0.15, 0.2) is 18.3 Å². The number of carbonyl (C=O) groups excluding carboxylic acids is 2. The zero-order valence-corrected chi connectivity index (χ0v) is 11.5. The molecule has 0 amide bonds. The number of ketones is 1. The molecule has 0 aliphatic heterocycles. The Hall–Kier alpha value is -1.58. The van der Waals surface area contributed by atoms with Crippen molar-refractivity contribution in [2.24, 2.45) is 5.92 Å². The molecular weight excluding hydrogens is 230 g/mol. The van der Waals surface area contributed by atoms with E-state index in [1.54, 1.807) is 29.8 Å². The standard InChI is InChI=1S/C14H21NO3/c1-10(2)7-8-12(11(3)16)15-9-5-6-13(15)14(17)18-4/h5-6,9-10,12H,7-8H2,1-4H3. The van der Waals surface area contributed by atoms with E-state index in [9.17, 15) is 9.59 Å². The molecule has 0 aliphatic rings. The van der Waals surface area contributed by atoms with E-state index in [0.717, 1.165) is 12.8 Å². The Morgan fingerprint density at radius 2 is 2.00 bits per heavy atom. The number of methoxy groups -OCH3 is 1. The van der Waals surface area contributed by atoms with Gasteiger partial charge in [-0.05, 0) is 37.8 Å². The Bertz CT molecular complexity index is 420. The summed E-state index contributed by atoms with van der Waals surface area (Å²) >= 11 is 0. The van der Waals surface area contributed by atoms with Gasteiger partial charge in [0.1, 0.15) is 5.69 Å². The molecule has 1 unspecified atom stereocenters. The molecule has 0 fully saturated rings. The van der Waals surface area contributed by atoms with Crippen molar-refractivity contribution in [2.75, 3.05) is 7.11 Å². The second-order valence-electron chi connectivity index (χ2n) is 4.89. The van der Waals surface area contributed by atoms with E-state index in [1.165, 1.54) is 7.11 Å². The summed E-state index contributed by atoms with van der Waals surface area (Å²) in [6.45, 7) is 5.80. The molecule has 1 rings (SSSR count). The average Bonchev–Trinajstić information content (AvgIpc) is 2.76. The van der Waals surface area contributed by atoms with Crippen molar-refractivity contribution >= 4 is 11.8 Å². The Morgan fingerprint density at radius 3 is 2.50 bits per heavy atom. The number of hydrogen-bond donors (Lipinski definition) is 0. The van der Waals surface area contributed by atoms with Gasteiger partial charge in [-0.3, -0.25) is 4.79 Å². The minimum atomic E-state index is -0.407. The maximum absolute atomic E-state index is 11.7. The van der Waals surface area contributed by atoms with E-state index in [1.807, 2.05) is 0 Å². The molecular formula is C14H21NO3. The van der Waals surface area contributed by atoms with Crippen LogP contribution in [0.3, 0.4) is 0 Å². The van der Waals surface area contributed by atoms with Gasteiger partial charge in [-0.15, -0.1) is 0 Å². The van der Waals surface area contributed by atoms with Crippen molar-refractivity contribution in [2.45, 2.75) is 39.7 Å². The lowest BCUT2D eigenvalue weighted by Gasteiger charge is -2.19. The van der Waals surface area contributed by atoms with Gasteiger partial charge in [-0.25, -0.2) is 4.79 Å². The predicted octanol–water partition coefficient (Wildman–Crippen LogP) is 2.84. The lowest BCUT2D eigenvalue weighted by atomic mass is 10.0. The highest BCUT2D eigenvalue weighted by Crippen LogP contribution is 2.21. The van der Waals surface area contributed by atoms with Gasteiger partial charge in [-0.2, -0.15) is 0 Å². The summed E-state index contributed by atoms with van der Waals surface area (Å²) in [7, 11) is 1.34. The van der Waals surface area contributed by atoms with Crippen LogP contribution in [-0.2, 0) is 9.53 Å². The van der Waals surface area contributed by atoms with Gasteiger partial charge in [0, 0.05) is 6.20 Å². The molecule has 0 aliphatic carbocycles. The SMILES string of the molecule is COC(=O)c1cccn1C(CCC(C)C)C(C)=O. The summed E-state index contributed by atoms with van der Waals surface area (Å²) < 4.78 is 6.44. The third-order valence-electron chi connectivity index (χ3n) is 3.00. The van der Waals surface area contributed by atoms with E-state index in [0.29, 0.717) is 11.6 Å². The van der Waals surface area contributed by atoms with Gasteiger partial charge in [0.15, 0.2) is 5.78 Å². The number of aromatic nitrogens is 1. The van der Waals surface area contributed by atoms with Crippen LogP contribution in [0.2, 0.25) is 0 Å². The molecule has 0 saturated heterocycles. The van der Waals surface area contributed by atoms with Gasteiger partial charge in [0.2, 0.25) is 0 Å². The van der Waals surface area contributed by atoms with E-state index < -0.39 is 5.97 Å². The van der Waals surface area contributed by atoms with Crippen molar-refractivity contribution in [1.82, 2.24) is 4.57 Å². The Balaban J connectivity index is 2.96. The number of ether oxygens (including phenoxy) is 1. The summed E-state index contributed by atoms with van der Waals surface area (Å²) in [4.78, 5) is 23.4. The number of Topliss-reactive ketones (excluding diaryl/α,β-unsaturated/α-hetero) is 1. The topological polar surface area (TPSA) is 48.3 Å². The zero-order valence-electron chi connectivity index (χ0n) is 11.5. The highest BCUT2D eigenvalue weighted by atomic mass is 16.5. The van der Waals surface area contributed by atoms with Gasteiger partial charge in [0.05, 0.1) is 13.2 Å². The van der Waals surface area contributed by atoms with Gasteiger partial charge < -0.3 is 9.30 Å². The molecule has 100 valence electrons. The minimum absolute atomic E-state index is 0.0667. The van der Waals surface area contributed by atoms with Gasteiger partial charge in [0.25, 0.3) is 0 Å². The molecule has 0 bridgehead atoms. The number of carbonyl (C=O) groups is 2. The summed E-state index contributed by atoms with van der Waals surface area (Å²) in [5, 5.41) is 0. The smallest absolute Gasteiger partial charge is 0.354 e. The van der Waals surface area contributed by atoms with E-state index in [-0.39, 0.29) is 11.8 Å². The normalized spacial score (nSPS) is 12.5. The zero-order chi connectivity index (χ0) is 13.7. The Kier molecular flexibility index (Phi) is 5.13. The first-order valence-corrected chi connectivity index (χ1v) is 6.23. The Morgan fingerprint density at radius 1 is 1.33 bits per heavy atom. The third-order valence-corrected chi connectivity index (χ3v) is 3.00. The fourth-order valence-electron chi connectivity index (χ4n) is 1.97. The number of rotatable bonds is 6. The lowest BCUT2D eigenvalue weighted by molar-refractivity contribution is -0.120. The van der Waals surface area contributed by atoms with Gasteiger partial charge >= 0.3 is 5.97 Å². The first kappa shape index (κ1) is 14.5. The van der Waals surface area contributed by atoms with E-state index >= 15 is 0 Å². The number of hydrogen-bond acceptors (Lipinski definition) is 3. The van der Waals surface area contributed by atoms with Crippen LogP contribution in [0, 0.1) is 5.92 Å². The summed E-state index contributed by atoms with van der Waals surface area (Å²) in [6, 6.07) is 3.16. The second-order valence-corrected chi connectivity index (χ2v) is 4.89. The molecule has 4 nitrogen and oxygen atoms in total. The molecule has 1 aromatic rings. The molecule has 1 atom stereocenters. The van der Waals surface area contributed by atoms with Crippen molar-refractivity contribution in [1.29, 1.82) is 0 Å². The summed E-state index contributed by atoms with van der Waals surface area (Å²) in [5.74, 6) is 0.191. The highest BCUT2D eigenvalue weighted by molar-refractivity contribution is 5.89. The molecule has 0 N–H and O–H groups in total. The van der Waals surface area contributed by atoms with Crippen LogP contribution in [-0.4, -0.2) is 23.4 Å². The number of nitrogens with zero attached hydrogens (tertiary/aromatic N) is 1. The minimum Gasteiger partial charge on any atom is -0.464 e. The van der Waals surface area contributed by atoms with E-state index in [4.69, 9.17) is 4.74 Å². The first-order chi connectivity index (χ1) is 8.47. The van der Waals surface area contributed by atoms with Crippen LogP contribution >= 0.6 is 0 Å². The molecule has 0 radical (unpaired) electrons. The molecule has 0 aromatic carbocycles. The first-order valence-electron chi connectivity index (χ1n) is 6.23. The quantitative estimate of drug-likeness (QED) is 0.730. The van der Waals surface area contributed by atoms with Crippen LogP contribution in [0.5, 0.6) is 0 Å². The van der Waals surface area contributed by atoms with Crippen LogP contribution in [0.25, 0.3) is 0 Å². The summed E-state index contributed by atoms with van der Waals surface area (Å²) in [5.41, 5.74) is 0.432. The monoisotopic (exact) mass is 251 g/mol. The predicted molar refractivity (Wildman–Crippen MR) is 69.6 cm³/mol. The number of esters is 1. The maximum Gasteiger partial charge on any atom is 0.354 e.